The maximum atomic E-state index is 4.31. The third-order valence-electron chi connectivity index (χ3n) is 3.48. The van der Waals surface area contributed by atoms with Crippen LogP contribution in [0.2, 0.25) is 0 Å². The van der Waals surface area contributed by atoms with Crippen LogP contribution in [-0.2, 0) is 0 Å². The van der Waals surface area contributed by atoms with Crippen LogP contribution in [0.25, 0.3) is 0 Å². The van der Waals surface area contributed by atoms with Gasteiger partial charge in [0.25, 0.3) is 0 Å². The van der Waals surface area contributed by atoms with Gasteiger partial charge in [0, 0.05) is 0 Å². The number of nitrogens with one attached hydrogen (secondary N) is 1. The molecule has 17 heavy (non-hydrogen) atoms. The zero-order valence-corrected chi connectivity index (χ0v) is 12.5. The summed E-state index contributed by atoms with van der Waals surface area (Å²) >= 11 is 0. The third kappa shape index (κ3) is 6.26. The van der Waals surface area contributed by atoms with Gasteiger partial charge in [-0.25, -0.2) is 0 Å². The van der Waals surface area contributed by atoms with Crippen LogP contribution < -0.4 is 5.32 Å². The van der Waals surface area contributed by atoms with E-state index in [1.807, 2.05) is 0 Å². The summed E-state index contributed by atoms with van der Waals surface area (Å²) in [6.45, 7) is 18.5. The van der Waals surface area contributed by atoms with Crippen LogP contribution in [0.5, 0.6) is 0 Å². The first-order valence-corrected chi connectivity index (χ1v) is 7.05. The van der Waals surface area contributed by atoms with Gasteiger partial charge in [-0.1, -0.05) is 46.8 Å². The maximum Gasteiger partial charge on any atom is -0.00170 e. The van der Waals surface area contributed by atoms with Crippen molar-refractivity contribution in [3.05, 3.63) is 12.2 Å². The van der Waals surface area contributed by atoms with Gasteiger partial charge >= 0.3 is 0 Å². The van der Waals surface area contributed by atoms with Gasteiger partial charge in [-0.15, -0.1) is 0 Å². The predicted molar refractivity (Wildman–Crippen MR) is 77.2 cm³/mol. The normalized spacial score (nSPS) is 21.8. The molecule has 0 aromatic rings. The lowest BCUT2D eigenvalue weighted by Crippen LogP contribution is -2.21. The van der Waals surface area contributed by atoms with Crippen molar-refractivity contribution in [3.63, 3.8) is 0 Å². The van der Waals surface area contributed by atoms with E-state index in [4.69, 9.17) is 0 Å². The zero-order chi connectivity index (χ0) is 13.1. The Bertz CT molecular complexity index is 251. The topological polar surface area (TPSA) is 12.0 Å². The fraction of sp³-hybridized carbons (Fsp3) is 0.875. The summed E-state index contributed by atoms with van der Waals surface area (Å²) in [4.78, 5) is 0. The summed E-state index contributed by atoms with van der Waals surface area (Å²) in [7, 11) is 0. The molecule has 1 saturated heterocycles. The van der Waals surface area contributed by atoms with E-state index < -0.39 is 0 Å². The van der Waals surface area contributed by atoms with E-state index in [9.17, 15) is 0 Å². The molecule has 100 valence electrons. The minimum atomic E-state index is 0.390. The fourth-order valence-electron chi connectivity index (χ4n) is 3.54. The van der Waals surface area contributed by atoms with Gasteiger partial charge in [-0.2, -0.15) is 0 Å². The molecule has 1 fully saturated rings. The van der Waals surface area contributed by atoms with Gasteiger partial charge in [0.15, 0.2) is 0 Å². The Hall–Kier alpha value is -0.300. The molecule has 0 aliphatic carbocycles. The lowest BCUT2D eigenvalue weighted by Gasteiger charge is -2.33. The first-order valence-electron chi connectivity index (χ1n) is 7.05. The highest BCUT2D eigenvalue weighted by Crippen LogP contribution is 2.38. The smallest absolute Gasteiger partial charge is 0.00170 e. The van der Waals surface area contributed by atoms with E-state index in [1.165, 1.54) is 44.3 Å². The molecule has 1 aliphatic heterocycles. The Morgan fingerprint density at radius 1 is 1.24 bits per heavy atom. The van der Waals surface area contributed by atoms with Crippen molar-refractivity contribution in [1.82, 2.24) is 5.32 Å². The van der Waals surface area contributed by atoms with Gasteiger partial charge in [-0.3, -0.25) is 0 Å². The second kappa shape index (κ2) is 5.56. The van der Waals surface area contributed by atoms with Crippen LogP contribution in [0.4, 0.5) is 0 Å². The molecule has 1 N–H and O–H groups in total. The number of rotatable bonds is 5. The van der Waals surface area contributed by atoms with Gasteiger partial charge in [-0.05, 0) is 55.5 Å². The minimum absolute atomic E-state index is 0.390. The molecule has 0 aromatic heterocycles. The Labute approximate surface area is 108 Å². The number of hydrogen-bond donors (Lipinski definition) is 1. The standard InChI is InChI=1S/C16H31N/c1-13(9-14-7-8-17-11-14)10-16(5,6)12-15(2,3)4/h14,17H,1,7-12H2,2-6H3. The molecule has 0 spiro atoms. The molecule has 0 bridgehead atoms. The summed E-state index contributed by atoms with van der Waals surface area (Å²) in [6.07, 6.45) is 5.00. The van der Waals surface area contributed by atoms with E-state index in [-0.39, 0.29) is 0 Å². The van der Waals surface area contributed by atoms with Crippen LogP contribution in [0.15, 0.2) is 12.2 Å². The highest BCUT2D eigenvalue weighted by molar-refractivity contribution is 5.01. The van der Waals surface area contributed by atoms with Crippen molar-refractivity contribution in [2.45, 2.75) is 60.3 Å². The molecule has 1 unspecified atom stereocenters. The van der Waals surface area contributed by atoms with Crippen LogP contribution in [0.1, 0.15) is 60.3 Å². The average molecular weight is 237 g/mol. The van der Waals surface area contributed by atoms with Crippen molar-refractivity contribution in [1.29, 1.82) is 0 Å². The molecule has 1 rings (SSSR count). The van der Waals surface area contributed by atoms with Gasteiger partial charge in [0.1, 0.15) is 0 Å². The quantitative estimate of drug-likeness (QED) is 0.699. The molecule has 1 aliphatic rings. The molecule has 1 atom stereocenters. The maximum absolute atomic E-state index is 4.31. The van der Waals surface area contributed by atoms with E-state index in [0.717, 1.165) is 5.92 Å². The average Bonchev–Trinajstić information content (AvgIpc) is 2.49. The van der Waals surface area contributed by atoms with Crippen molar-refractivity contribution in [2.75, 3.05) is 13.1 Å². The summed E-state index contributed by atoms with van der Waals surface area (Å²) in [5.41, 5.74) is 2.26. The van der Waals surface area contributed by atoms with Crippen molar-refractivity contribution < 1.29 is 0 Å². The second-order valence-electron chi connectivity index (χ2n) is 7.89. The second-order valence-corrected chi connectivity index (χ2v) is 7.89. The van der Waals surface area contributed by atoms with Crippen LogP contribution in [-0.4, -0.2) is 13.1 Å². The first kappa shape index (κ1) is 14.8. The molecular formula is C16H31N. The lowest BCUT2D eigenvalue weighted by atomic mass is 9.72. The Balaban J connectivity index is 2.38. The highest BCUT2D eigenvalue weighted by atomic mass is 14.9. The number of hydrogen-bond acceptors (Lipinski definition) is 1. The Morgan fingerprint density at radius 2 is 1.88 bits per heavy atom. The van der Waals surface area contributed by atoms with Crippen molar-refractivity contribution in [3.8, 4) is 0 Å². The fourth-order valence-corrected chi connectivity index (χ4v) is 3.54. The summed E-state index contributed by atoms with van der Waals surface area (Å²) in [5.74, 6) is 0.841. The molecule has 1 nitrogen and oxygen atoms in total. The third-order valence-corrected chi connectivity index (χ3v) is 3.48. The summed E-state index contributed by atoms with van der Waals surface area (Å²) in [6, 6.07) is 0. The van der Waals surface area contributed by atoms with Crippen molar-refractivity contribution >= 4 is 0 Å². The van der Waals surface area contributed by atoms with Crippen molar-refractivity contribution in [2.24, 2.45) is 16.7 Å². The van der Waals surface area contributed by atoms with E-state index >= 15 is 0 Å². The van der Waals surface area contributed by atoms with E-state index in [2.05, 4.69) is 46.5 Å². The predicted octanol–water partition coefficient (Wildman–Crippen LogP) is 4.39. The lowest BCUT2D eigenvalue weighted by molar-refractivity contribution is 0.209. The van der Waals surface area contributed by atoms with Gasteiger partial charge < -0.3 is 5.32 Å². The van der Waals surface area contributed by atoms with Crippen LogP contribution in [0.3, 0.4) is 0 Å². The monoisotopic (exact) mass is 237 g/mol. The molecule has 0 aromatic carbocycles. The highest BCUT2D eigenvalue weighted by Gasteiger charge is 2.27. The molecule has 0 saturated carbocycles. The Morgan fingerprint density at radius 3 is 2.35 bits per heavy atom. The Kier molecular flexibility index (Phi) is 4.83. The van der Waals surface area contributed by atoms with Gasteiger partial charge in [0.2, 0.25) is 0 Å². The largest absolute Gasteiger partial charge is 0.316 e. The summed E-state index contributed by atoms with van der Waals surface area (Å²) in [5, 5.41) is 3.44. The van der Waals surface area contributed by atoms with Crippen LogP contribution >= 0.6 is 0 Å². The van der Waals surface area contributed by atoms with E-state index in [1.54, 1.807) is 0 Å². The minimum Gasteiger partial charge on any atom is -0.316 e. The van der Waals surface area contributed by atoms with Gasteiger partial charge in [0.05, 0.1) is 0 Å². The molecule has 0 radical (unpaired) electrons. The molecular weight excluding hydrogens is 206 g/mol. The first-order chi connectivity index (χ1) is 7.68. The molecule has 1 heteroatoms. The SMILES string of the molecule is C=C(CC1CCNC1)CC(C)(C)CC(C)(C)C. The number of allylic oxidation sites excluding steroid dienone is 1. The summed E-state index contributed by atoms with van der Waals surface area (Å²) < 4.78 is 0. The molecule has 1 heterocycles. The molecule has 0 amide bonds. The van der Waals surface area contributed by atoms with Crippen LogP contribution in [0, 0.1) is 16.7 Å². The zero-order valence-electron chi connectivity index (χ0n) is 12.5. The van der Waals surface area contributed by atoms with E-state index in [0.29, 0.717) is 10.8 Å².